The van der Waals surface area contributed by atoms with E-state index in [9.17, 15) is 14.1 Å². The molecule has 0 saturated carbocycles. The van der Waals surface area contributed by atoms with Crippen LogP contribution in [-0.2, 0) is 4.74 Å². The van der Waals surface area contributed by atoms with Crippen LogP contribution in [0, 0.1) is 0 Å². The molecule has 1 heterocycles. The first-order valence-electron chi connectivity index (χ1n) is 9.66. The van der Waals surface area contributed by atoms with Crippen molar-refractivity contribution in [2.75, 3.05) is 19.1 Å². The number of carbonyl (C=O) groups is 2. The SMILES string of the molecule is CC(C)(C)OC(=O)N1CCCC1c1ccc(C=O)cc1.CC(C)(C)S(C)(C)O. The first kappa shape index (κ1) is 24.5. The molecule has 0 spiro atoms. The summed E-state index contributed by atoms with van der Waals surface area (Å²) in [7, 11) is -1.34. The van der Waals surface area contributed by atoms with Gasteiger partial charge in [0.1, 0.15) is 11.9 Å². The first-order valence-corrected chi connectivity index (χ1v) is 12.1. The molecule has 0 bridgehead atoms. The molecule has 1 amide bonds. The quantitative estimate of drug-likeness (QED) is 0.616. The molecule has 1 N–H and O–H groups in total. The number of carbonyl (C=O) groups excluding carboxylic acids is 2. The summed E-state index contributed by atoms with van der Waals surface area (Å²) in [5.74, 6) is 0. The zero-order valence-corrected chi connectivity index (χ0v) is 19.4. The van der Waals surface area contributed by atoms with E-state index in [0.29, 0.717) is 5.56 Å². The number of hydrogen-bond acceptors (Lipinski definition) is 4. The molecule has 1 fully saturated rings. The molecule has 0 radical (unpaired) electrons. The molecule has 160 valence electrons. The van der Waals surface area contributed by atoms with Crippen molar-refractivity contribution in [1.29, 1.82) is 0 Å². The molecule has 2 rings (SSSR count). The molecule has 5 nitrogen and oxygen atoms in total. The van der Waals surface area contributed by atoms with Crippen LogP contribution in [0.5, 0.6) is 0 Å². The maximum absolute atomic E-state index is 12.2. The summed E-state index contributed by atoms with van der Waals surface area (Å²) in [6.07, 6.45) is 6.28. The third-order valence-electron chi connectivity index (χ3n) is 4.84. The first-order chi connectivity index (χ1) is 12.7. The lowest BCUT2D eigenvalue weighted by Gasteiger charge is -2.38. The minimum absolute atomic E-state index is 0.0468. The van der Waals surface area contributed by atoms with Crippen LogP contribution in [0.3, 0.4) is 0 Å². The molecule has 1 aliphatic rings. The fourth-order valence-corrected chi connectivity index (χ4v) is 2.45. The lowest BCUT2D eigenvalue weighted by atomic mass is 10.0. The number of aldehydes is 1. The summed E-state index contributed by atoms with van der Waals surface area (Å²) >= 11 is 0. The van der Waals surface area contributed by atoms with E-state index in [1.807, 2.05) is 45.4 Å². The average Bonchev–Trinajstić information content (AvgIpc) is 3.02. The normalized spacial score (nSPS) is 18.2. The Hall–Kier alpha value is -1.53. The maximum Gasteiger partial charge on any atom is 0.410 e. The lowest BCUT2D eigenvalue weighted by Crippen LogP contribution is -2.36. The minimum atomic E-state index is -1.34. The van der Waals surface area contributed by atoms with Crippen molar-refractivity contribution in [3.05, 3.63) is 35.4 Å². The number of ether oxygens (including phenoxy) is 1. The van der Waals surface area contributed by atoms with Crippen molar-refractivity contribution in [2.45, 2.75) is 70.8 Å². The van der Waals surface area contributed by atoms with Crippen LogP contribution in [0.15, 0.2) is 24.3 Å². The summed E-state index contributed by atoms with van der Waals surface area (Å²) in [5.41, 5.74) is 1.22. The van der Waals surface area contributed by atoms with Gasteiger partial charge in [-0.05, 0) is 51.7 Å². The molecule has 1 saturated heterocycles. The van der Waals surface area contributed by atoms with Crippen molar-refractivity contribution < 1.29 is 18.9 Å². The fourth-order valence-electron chi connectivity index (χ4n) is 2.45. The molecule has 1 aliphatic heterocycles. The van der Waals surface area contributed by atoms with E-state index >= 15 is 0 Å². The number of benzene rings is 1. The predicted octanol–water partition coefficient (Wildman–Crippen LogP) is 5.89. The Kier molecular flexibility index (Phi) is 8.15. The van der Waals surface area contributed by atoms with E-state index < -0.39 is 15.9 Å². The molecule has 1 unspecified atom stereocenters. The second-order valence-corrected chi connectivity index (χ2v) is 13.3. The van der Waals surface area contributed by atoms with Gasteiger partial charge in [-0.1, -0.05) is 45.0 Å². The Bertz CT molecular complexity index is 639. The predicted molar refractivity (Wildman–Crippen MR) is 119 cm³/mol. The van der Waals surface area contributed by atoms with Crippen LogP contribution in [0.2, 0.25) is 0 Å². The molecule has 1 aromatic carbocycles. The summed E-state index contributed by atoms with van der Waals surface area (Å²) in [6, 6.07) is 7.45. The standard InChI is InChI=1S/C16H21NO3.C6H16OS/c1-16(2,3)20-15(19)17-10-4-5-14(17)13-8-6-12(11-18)7-9-13;1-6(2,3)8(4,5)7/h6-9,11,14H,4-5,10H2,1-3H3;7H,1-5H3. The maximum atomic E-state index is 12.2. The van der Waals surface area contributed by atoms with Gasteiger partial charge in [-0.3, -0.25) is 4.79 Å². The van der Waals surface area contributed by atoms with E-state index in [4.69, 9.17) is 4.74 Å². The van der Waals surface area contributed by atoms with E-state index in [2.05, 4.69) is 20.8 Å². The smallest absolute Gasteiger partial charge is 0.410 e. The average molecular weight is 412 g/mol. The zero-order chi connectivity index (χ0) is 21.8. The van der Waals surface area contributed by atoms with Gasteiger partial charge in [-0.15, -0.1) is 10.3 Å². The molecule has 6 heteroatoms. The van der Waals surface area contributed by atoms with Gasteiger partial charge in [0.05, 0.1) is 6.04 Å². The van der Waals surface area contributed by atoms with Crippen LogP contribution < -0.4 is 0 Å². The van der Waals surface area contributed by atoms with Gasteiger partial charge in [0.2, 0.25) is 0 Å². The van der Waals surface area contributed by atoms with Gasteiger partial charge in [0.25, 0.3) is 0 Å². The third-order valence-corrected chi connectivity index (χ3v) is 7.83. The largest absolute Gasteiger partial charge is 0.444 e. The van der Waals surface area contributed by atoms with E-state index in [1.165, 1.54) is 0 Å². The highest BCUT2D eigenvalue weighted by Gasteiger charge is 2.33. The Labute approximate surface area is 172 Å². The number of rotatable bonds is 2. The molecule has 0 aliphatic carbocycles. The van der Waals surface area contributed by atoms with Crippen LogP contribution in [0.25, 0.3) is 0 Å². The van der Waals surface area contributed by atoms with Crippen LogP contribution in [-0.4, -0.2) is 51.2 Å². The lowest BCUT2D eigenvalue weighted by molar-refractivity contribution is 0.0224. The van der Waals surface area contributed by atoms with Crippen molar-refractivity contribution in [2.24, 2.45) is 0 Å². The molecule has 1 atom stereocenters. The van der Waals surface area contributed by atoms with Crippen LogP contribution in [0.4, 0.5) is 4.79 Å². The Morgan fingerprint density at radius 3 is 2.04 bits per heavy atom. The number of hydrogen-bond donors (Lipinski definition) is 1. The van der Waals surface area contributed by atoms with E-state index in [-0.39, 0.29) is 16.9 Å². The van der Waals surface area contributed by atoms with Gasteiger partial charge in [0, 0.05) is 16.9 Å². The molecule has 1 aromatic rings. The summed E-state index contributed by atoms with van der Waals surface area (Å²) in [6.45, 7) is 12.5. The molecular formula is C22H37NO4S. The Morgan fingerprint density at radius 1 is 1.14 bits per heavy atom. The van der Waals surface area contributed by atoms with Crippen LogP contribution >= 0.6 is 10.3 Å². The van der Waals surface area contributed by atoms with Gasteiger partial charge < -0.3 is 14.2 Å². The summed E-state index contributed by atoms with van der Waals surface area (Å²) in [5, 5.41) is 0. The third kappa shape index (κ3) is 7.47. The van der Waals surface area contributed by atoms with E-state index in [0.717, 1.165) is 31.2 Å². The Balaban J connectivity index is 0.000000416. The minimum Gasteiger partial charge on any atom is -0.444 e. The highest BCUT2D eigenvalue weighted by molar-refractivity contribution is 8.29. The number of likely N-dealkylation sites (tertiary alicyclic amines) is 1. The van der Waals surface area contributed by atoms with Crippen molar-refractivity contribution in [3.63, 3.8) is 0 Å². The molecular weight excluding hydrogens is 374 g/mol. The molecule has 28 heavy (non-hydrogen) atoms. The summed E-state index contributed by atoms with van der Waals surface area (Å²) in [4.78, 5) is 24.7. The van der Waals surface area contributed by atoms with Gasteiger partial charge >= 0.3 is 6.09 Å². The topological polar surface area (TPSA) is 66.8 Å². The van der Waals surface area contributed by atoms with Crippen molar-refractivity contribution in [3.8, 4) is 0 Å². The molecule has 0 aromatic heterocycles. The fraction of sp³-hybridized carbons (Fsp3) is 0.636. The number of amides is 1. The van der Waals surface area contributed by atoms with Crippen molar-refractivity contribution >= 4 is 22.7 Å². The second kappa shape index (κ2) is 9.31. The van der Waals surface area contributed by atoms with Crippen LogP contribution in [0.1, 0.15) is 76.3 Å². The Morgan fingerprint density at radius 2 is 1.64 bits per heavy atom. The summed E-state index contributed by atoms with van der Waals surface area (Å²) < 4.78 is 15.0. The number of nitrogens with zero attached hydrogens (tertiary/aromatic N) is 1. The zero-order valence-electron chi connectivity index (χ0n) is 18.6. The van der Waals surface area contributed by atoms with Gasteiger partial charge in [-0.25, -0.2) is 4.79 Å². The highest BCUT2D eigenvalue weighted by atomic mass is 32.3. The van der Waals surface area contributed by atoms with Gasteiger partial charge in [-0.2, -0.15) is 0 Å². The second-order valence-electron chi connectivity index (χ2n) is 9.50. The monoisotopic (exact) mass is 411 g/mol. The highest BCUT2D eigenvalue weighted by Crippen LogP contribution is 2.48. The van der Waals surface area contributed by atoms with Crippen molar-refractivity contribution in [1.82, 2.24) is 4.90 Å². The van der Waals surface area contributed by atoms with E-state index in [1.54, 1.807) is 17.0 Å². The van der Waals surface area contributed by atoms with Gasteiger partial charge in [0.15, 0.2) is 0 Å².